The first-order chi connectivity index (χ1) is 7.91. The summed E-state index contributed by atoms with van der Waals surface area (Å²) in [4.78, 5) is 13.6. The Bertz CT molecular complexity index is 403. The van der Waals surface area contributed by atoms with Gasteiger partial charge in [-0.25, -0.2) is 0 Å². The quantitative estimate of drug-likeness (QED) is 0.664. The van der Waals surface area contributed by atoms with E-state index in [1.54, 1.807) is 25.1 Å². The van der Waals surface area contributed by atoms with Crippen molar-refractivity contribution in [2.24, 2.45) is 0 Å². The SMILES string of the molecule is C[C@@H](O)CNC(=O)c1ccc(N(C)C)c(N)c1. The normalized spacial score (nSPS) is 12.0. The topological polar surface area (TPSA) is 78.6 Å². The van der Waals surface area contributed by atoms with E-state index in [0.717, 1.165) is 5.69 Å². The minimum atomic E-state index is -0.558. The van der Waals surface area contributed by atoms with E-state index in [4.69, 9.17) is 10.8 Å². The summed E-state index contributed by atoms with van der Waals surface area (Å²) >= 11 is 0. The van der Waals surface area contributed by atoms with E-state index < -0.39 is 6.10 Å². The van der Waals surface area contributed by atoms with E-state index in [2.05, 4.69) is 5.32 Å². The number of aliphatic hydroxyl groups excluding tert-OH is 1. The number of hydrogen-bond donors (Lipinski definition) is 3. The van der Waals surface area contributed by atoms with Gasteiger partial charge in [0.1, 0.15) is 0 Å². The summed E-state index contributed by atoms with van der Waals surface area (Å²) in [5.41, 5.74) is 7.77. The summed E-state index contributed by atoms with van der Waals surface area (Å²) < 4.78 is 0. The van der Waals surface area contributed by atoms with Crippen LogP contribution in [0.1, 0.15) is 17.3 Å². The van der Waals surface area contributed by atoms with Gasteiger partial charge in [0.25, 0.3) is 5.91 Å². The highest BCUT2D eigenvalue weighted by molar-refractivity contribution is 5.96. The lowest BCUT2D eigenvalue weighted by atomic mass is 10.1. The van der Waals surface area contributed by atoms with Crippen LogP contribution in [-0.4, -0.2) is 37.8 Å². The van der Waals surface area contributed by atoms with Crippen LogP contribution in [0.5, 0.6) is 0 Å². The van der Waals surface area contributed by atoms with Crippen molar-refractivity contribution in [2.75, 3.05) is 31.3 Å². The third-order valence-electron chi connectivity index (χ3n) is 2.33. The van der Waals surface area contributed by atoms with Gasteiger partial charge in [-0.3, -0.25) is 4.79 Å². The highest BCUT2D eigenvalue weighted by atomic mass is 16.3. The van der Waals surface area contributed by atoms with E-state index in [-0.39, 0.29) is 12.5 Å². The molecule has 0 aliphatic carbocycles. The van der Waals surface area contributed by atoms with Crippen molar-refractivity contribution >= 4 is 17.3 Å². The number of amides is 1. The number of aliphatic hydroxyl groups is 1. The molecule has 0 heterocycles. The number of nitrogens with one attached hydrogen (secondary N) is 1. The van der Waals surface area contributed by atoms with Crippen molar-refractivity contribution in [1.82, 2.24) is 5.32 Å². The highest BCUT2D eigenvalue weighted by Crippen LogP contribution is 2.22. The summed E-state index contributed by atoms with van der Waals surface area (Å²) in [6.45, 7) is 1.85. The van der Waals surface area contributed by atoms with Crippen LogP contribution in [0.25, 0.3) is 0 Å². The Hall–Kier alpha value is -1.75. The Balaban J connectivity index is 2.79. The van der Waals surface area contributed by atoms with Crippen LogP contribution in [0.4, 0.5) is 11.4 Å². The van der Waals surface area contributed by atoms with Gasteiger partial charge in [0, 0.05) is 26.2 Å². The smallest absolute Gasteiger partial charge is 0.251 e. The molecule has 1 rings (SSSR count). The number of benzene rings is 1. The molecule has 5 nitrogen and oxygen atoms in total. The lowest BCUT2D eigenvalue weighted by Crippen LogP contribution is -2.30. The number of nitrogens with zero attached hydrogens (tertiary/aromatic N) is 1. The van der Waals surface area contributed by atoms with E-state index in [0.29, 0.717) is 11.3 Å². The summed E-state index contributed by atoms with van der Waals surface area (Å²) in [6, 6.07) is 5.14. The Morgan fingerprint density at radius 3 is 2.65 bits per heavy atom. The molecule has 1 amide bonds. The van der Waals surface area contributed by atoms with Crippen molar-refractivity contribution < 1.29 is 9.90 Å². The van der Waals surface area contributed by atoms with Crippen LogP contribution in [-0.2, 0) is 0 Å². The van der Waals surface area contributed by atoms with Crippen LogP contribution >= 0.6 is 0 Å². The zero-order chi connectivity index (χ0) is 13.0. The van der Waals surface area contributed by atoms with Crippen LogP contribution in [0, 0.1) is 0 Å². The van der Waals surface area contributed by atoms with Crippen LogP contribution in [0.2, 0.25) is 0 Å². The molecule has 0 saturated carbocycles. The first-order valence-corrected chi connectivity index (χ1v) is 5.45. The van der Waals surface area contributed by atoms with Crippen LogP contribution < -0.4 is 16.0 Å². The molecule has 1 aromatic carbocycles. The second-order valence-corrected chi connectivity index (χ2v) is 4.23. The predicted octanol–water partition coefficient (Wildman–Crippen LogP) is 0.445. The number of carbonyl (C=O) groups is 1. The fourth-order valence-corrected chi connectivity index (χ4v) is 1.45. The molecule has 0 saturated heterocycles. The molecular weight excluding hydrogens is 218 g/mol. The van der Waals surface area contributed by atoms with Gasteiger partial charge in [-0.2, -0.15) is 0 Å². The van der Waals surface area contributed by atoms with Crippen molar-refractivity contribution in [2.45, 2.75) is 13.0 Å². The number of hydrogen-bond acceptors (Lipinski definition) is 4. The fraction of sp³-hybridized carbons (Fsp3) is 0.417. The average Bonchev–Trinajstić information content (AvgIpc) is 2.25. The van der Waals surface area contributed by atoms with Gasteiger partial charge in [-0.1, -0.05) is 0 Å². The molecule has 94 valence electrons. The number of nitrogens with two attached hydrogens (primary N) is 1. The average molecular weight is 237 g/mol. The van der Waals surface area contributed by atoms with E-state index in [9.17, 15) is 4.79 Å². The van der Waals surface area contributed by atoms with Crippen LogP contribution in [0.3, 0.4) is 0 Å². The maximum atomic E-state index is 11.7. The monoisotopic (exact) mass is 237 g/mol. The van der Waals surface area contributed by atoms with Gasteiger partial charge in [-0.15, -0.1) is 0 Å². The Kier molecular flexibility index (Phi) is 4.34. The minimum absolute atomic E-state index is 0.230. The lowest BCUT2D eigenvalue weighted by molar-refractivity contribution is 0.0924. The van der Waals surface area contributed by atoms with E-state index in [1.165, 1.54) is 0 Å². The molecular formula is C12H19N3O2. The molecule has 0 radical (unpaired) electrons. The van der Waals surface area contributed by atoms with Crippen molar-refractivity contribution in [1.29, 1.82) is 0 Å². The molecule has 0 aliphatic rings. The number of carbonyl (C=O) groups excluding carboxylic acids is 1. The molecule has 1 atom stereocenters. The largest absolute Gasteiger partial charge is 0.397 e. The van der Waals surface area contributed by atoms with Gasteiger partial charge >= 0.3 is 0 Å². The molecule has 4 N–H and O–H groups in total. The van der Waals surface area contributed by atoms with Crippen molar-refractivity contribution in [3.05, 3.63) is 23.8 Å². The van der Waals surface area contributed by atoms with Gasteiger partial charge in [0.2, 0.25) is 0 Å². The van der Waals surface area contributed by atoms with Gasteiger partial charge in [0.05, 0.1) is 17.5 Å². The molecule has 0 unspecified atom stereocenters. The Labute approximate surface area is 101 Å². The Morgan fingerprint density at radius 1 is 1.53 bits per heavy atom. The molecule has 17 heavy (non-hydrogen) atoms. The molecule has 0 spiro atoms. The molecule has 0 aliphatic heterocycles. The number of nitrogen functional groups attached to an aromatic ring is 1. The van der Waals surface area contributed by atoms with E-state index in [1.807, 2.05) is 19.0 Å². The molecule has 1 aromatic rings. The lowest BCUT2D eigenvalue weighted by Gasteiger charge is -2.16. The van der Waals surface area contributed by atoms with Gasteiger partial charge < -0.3 is 21.1 Å². The van der Waals surface area contributed by atoms with Crippen molar-refractivity contribution in [3.8, 4) is 0 Å². The van der Waals surface area contributed by atoms with Crippen molar-refractivity contribution in [3.63, 3.8) is 0 Å². The summed E-state index contributed by atoms with van der Waals surface area (Å²) in [5.74, 6) is -0.233. The zero-order valence-corrected chi connectivity index (χ0v) is 10.4. The Morgan fingerprint density at radius 2 is 2.18 bits per heavy atom. The first-order valence-electron chi connectivity index (χ1n) is 5.45. The second-order valence-electron chi connectivity index (χ2n) is 4.23. The van der Waals surface area contributed by atoms with Crippen LogP contribution in [0.15, 0.2) is 18.2 Å². The fourth-order valence-electron chi connectivity index (χ4n) is 1.45. The number of anilines is 2. The number of rotatable bonds is 4. The first kappa shape index (κ1) is 13.3. The summed E-state index contributed by atoms with van der Waals surface area (Å²) in [7, 11) is 3.78. The molecule has 0 bridgehead atoms. The summed E-state index contributed by atoms with van der Waals surface area (Å²) in [6.07, 6.45) is -0.558. The second kappa shape index (κ2) is 5.54. The van der Waals surface area contributed by atoms with Gasteiger partial charge in [0.15, 0.2) is 0 Å². The maximum absolute atomic E-state index is 11.7. The van der Waals surface area contributed by atoms with Gasteiger partial charge in [-0.05, 0) is 25.1 Å². The third kappa shape index (κ3) is 3.64. The highest BCUT2D eigenvalue weighted by Gasteiger charge is 2.09. The zero-order valence-electron chi connectivity index (χ0n) is 10.4. The molecule has 0 aromatic heterocycles. The molecule has 5 heteroatoms. The predicted molar refractivity (Wildman–Crippen MR) is 69.2 cm³/mol. The third-order valence-corrected chi connectivity index (χ3v) is 2.33. The standard InChI is InChI=1S/C12H19N3O2/c1-8(16)7-14-12(17)9-4-5-11(15(2)3)10(13)6-9/h4-6,8,16H,7,13H2,1-3H3,(H,14,17)/t8-/m1/s1. The molecule has 0 fully saturated rings. The maximum Gasteiger partial charge on any atom is 0.251 e. The summed E-state index contributed by atoms with van der Waals surface area (Å²) in [5, 5.41) is 11.7. The van der Waals surface area contributed by atoms with E-state index >= 15 is 0 Å². The minimum Gasteiger partial charge on any atom is -0.397 e.